The second-order valence-electron chi connectivity index (χ2n) is 5.38. The molecule has 0 aliphatic carbocycles. The number of esters is 1. The van der Waals surface area contributed by atoms with Crippen LogP contribution in [0.4, 0.5) is 10.1 Å². The molecule has 128 valence electrons. The van der Waals surface area contributed by atoms with E-state index in [4.69, 9.17) is 16.3 Å². The molecule has 1 N–H and O–H groups in total. The first-order valence-electron chi connectivity index (χ1n) is 7.34. The number of anilines is 1. The molecule has 7 heteroatoms. The molecular formula is C18H13ClFNO3S. The van der Waals surface area contributed by atoms with Gasteiger partial charge >= 0.3 is 5.97 Å². The molecule has 2 aromatic carbocycles. The van der Waals surface area contributed by atoms with Crippen LogP contribution >= 0.6 is 22.9 Å². The maximum Gasteiger partial charge on any atom is 0.348 e. The van der Waals surface area contributed by atoms with Gasteiger partial charge in [0.25, 0.3) is 5.91 Å². The SMILES string of the molecule is Cc1cc(Cl)ccc1NC(=O)COC(=O)c1cc2cc(F)ccc2s1. The molecule has 3 rings (SSSR count). The number of benzene rings is 2. The van der Waals surface area contributed by atoms with Crippen LogP contribution in [-0.2, 0) is 9.53 Å². The van der Waals surface area contributed by atoms with Crippen molar-refractivity contribution in [3.8, 4) is 0 Å². The van der Waals surface area contributed by atoms with Gasteiger partial charge in [-0.05, 0) is 60.3 Å². The molecule has 0 unspecified atom stereocenters. The van der Waals surface area contributed by atoms with Crippen LogP contribution in [-0.4, -0.2) is 18.5 Å². The first-order valence-corrected chi connectivity index (χ1v) is 8.54. The molecule has 25 heavy (non-hydrogen) atoms. The third-order valence-corrected chi connectivity index (χ3v) is 4.81. The molecule has 0 bridgehead atoms. The molecular weight excluding hydrogens is 365 g/mol. The van der Waals surface area contributed by atoms with Crippen LogP contribution in [0, 0.1) is 12.7 Å². The summed E-state index contributed by atoms with van der Waals surface area (Å²) in [5.74, 6) is -1.45. The summed E-state index contributed by atoms with van der Waals surface area (Å²) in [6.07, 6.45) is 0. The van der Waals surface area contributed by atoms with Crippen molar-refractivity contribution in [2.45, 2.75) is 6.92 Å². The predicted octanol–water partition coefficient (Wildman–Crippen LogP) is 4.80. The van der Waals surface area contributed by atoms with Crippen molar-refractivity contribution in [1.82, 2.24) is 0 Å². The Hall–Kier alpha value is -2.44. The maximum atomic E-state index is 13.2. The maximum absolute atomic E-state index is 13.2. The van der Waals surface area contributed by atoms with Gasteiger partial charge in [-0.15, -0.1) is 11.3 Å². The van der Waals surface area contributed by atoms with Crippen LogP contribution < -0.4 is 5.32 Å². The molecule has 0 saturated heterocycles. The zero-order chi connectivity index (χ0) is 18.0. The largest absolute Gasteiger partial charge is 0.451 e. The fourth-order valence-electron chi connectivity index (χ4n) is 2.27. The molecule has 0 atom stereocenters. The van der Waals surface area contributed by atoms with Crippen LogP contribution in [0.5, 0.6) is 0 Å². The molecule has 0 aliphatic heterocycles. The molecule has 0 radical (unpaired) electrons. The second-order valence-corrected chi connectivity index (χ2v) is 6.90. The number of carbonyl (C=O) groups is 2. The van der Waals surface area contributed by atoms with Crippen molar-refractivity contribution >= 4 is 50.6 Å². The minimum atomic E-state index is -0.621. The molecule has 3 aromatic rings. The molecule has 0 spiro atoms. The standard InChI is InChI=1S/C18H13ClFNO3S/c1-10-6-12(19)2-4-14(10)21-17(22)9-24-18(23)16-8-11-7-13(20)3-5-15(11)25-16/h2-8H,9H2,1H3,(H,21,22). The van der Waals surface area contributed by atoms with Gasteiger partial charge in [0, 0.05) is 15.4 Å². The quantitative estimate of drug-likeness (QED) is 0.664. The number of fused-ring (bicyclic) bond motifs is 1. The fourth-order valence-corrected chi connectivity index (χ4v) is 3.43. The molecule has 0 aliphatic rings. The summed E-state index contributed by atoms with van der Waals surface area (Å²) in [6, 6.07) is 10.9. The molecule has 0 fully saturated rings. The van der Waals surface area contributed by atoms with Gasteiger partial charge in [0.15, 0.2) is 6.61 Å². The van der Waals surface area contributed by atoms with Gasteiger partial charge in [0.2, 0.25) is 0 Å². The van der Waals surface area contributed by atoms with Crippen molar-refractivity contribution < 1.29 is 18.7 Å². The number of amides is 1. The van der Waals surface area contributed by atoms with E-state index in [0.717, 1.165) is 10.3 Å². The van der Waals surface area contributed by atoms with Crippen LogP contribution in [0.25, 0.3) is 10.1 Å². The minimum absolute atomic E-state index is 0.316. The zero-order valence-electron chi connectivity index (χ0n) is 13.1. The minimum Gasteiger partial charge on any atom is -0.451 e. The third kappa shape index (κ3) is 4.15. The number of carbonyl (C=O) groups excluding carboxylic acids is 2. The third-order valence-electron chi connectivity index (χ3n) is 3.48. The highest BCUT2D eigenvalue weighted by Gasteiger charge is 2.14. The van der Waals surface area contributed by atoms with E-state index in [1.165, 1.54) is 23.5 Å². The summed E-state index contributed by atoms with van der Waals surface area (Å²) in [5.41, 5.74) is 1.40. The van der Waals surface area contributed by atoms with Crippen LogP contribution in [0.1, 0.15) is 15.2 Å². The monoisotopic (exact) mass is 377 g/mol. The number of halogens is 2. The first-order chi connectivity index (χ1) is 11.9. The van der Waals surface area contributed by atoms with Crippen LogP contribution in [0.2, 0.25) is 5.02 Å². The van der Waals surface area contributed by atoms with Crippen molar-refractivity contribution in [2.24, 2.45) is 0 Å². The lowest BCUT2D eigenvalue weighted by molar-refractivity contribution is -0.119. The number of hydrogen-bond acceptors (Lipinski definition) is 4. The van der Waals surface area contributed by atoms with E-state index in [1.54, 1.807) is 30.3 Å². The van der Waals surface area contributed by atoms with Crippen LogP contribution in [0.15, 0.2) is 42.5 Å². The number of hydrogen-bond donors (Lipinski definition) is 1. The van der Waals surface area contributed by atoms with Gasteiger partial charge in [0.1, 0.15) is 10.7 Å². The van der Waals surface area contributed by atoms with E-state index in [9.17, 15) is 14.0 Å². The number of thiophene rings is 1. The Balaban J connectivity index is 1.61. The average molecular weight is 378 g/mol. The fraction of sp³-hybridized carbons (Fsp3) is 0.111. The van der Waals surface area contributed by atoms with Crippen molar-refractivity contribution in [2.75, 3.05) is 11.9 Å². The molecule has 1 amide bonds. The number of ether oxygens (including phenoxy) is 1. The number of rotatable bonds is 4. The molecule has 1 aromatic heterocycles. The summed E-state index contributed by atoms with van der Waals surface area (Å²) in [6.45, 7) is 1.40. The highest BCUT2D eigenvalue weighted by molar-refractivity contribution is 7.20. The number of nitrogens with one attached hydrogen (secondary N) is 1. The lowest BCUT2D eigenvalue weighted by Gasteiger charge is -2.08. The summed E-state index contributed by atoms with van der Waals surface area (Å²) in [4.78, 5) is 24.3. The zero-order valence-corrected chi connectivity index (χ0v) is 14.7. The Bertz CT molecular complexity index is 970. The van der Waals surface area contributed by atoms with E-state index < -0.39 is 18.5 Å². The first kappa shape index (κ1) is 17.4. The Morgan fingerprint density at radius 2 is 2.00 bits per heavy atom. The Morgan fingerprint density at radius 3 is 2.76 bits per heavy atom. The number of aryl methyl sites for hydroxylation is 1. The lowest BCUT2D eigenvalue weighted by atomic mass is 10.2. The Morgan fingerprint density at radius 1 is 1.20 bits per heavy atom. The van der Waals surface area contributed by atoms with Crippen LogP contribution in [0.3, 0.4) is 0 Å². The summed E-state index contributed by atoms with van der Waals surface area (Å²) < 4.78 is 19.0. The van der Waals surface area contributed by atoms with Gasteiger partial charge in [0.05, 0.1) is 0 Å². The van der Waals surface area contributed by atoms with E-state index in [-0.39, 0.29) is 5.82 Å². The Labute approximate surface area is 152 Å². The highest BCUT2D eigenvalue weighted by Crippen LogP contribution is 2.27. The lowest BCUT2D eigenvalue weighted by Crippen LogP contribution is -2.21. The van der Waals surface area contributed by atoms with Crippen molar-refractivity contribution in [3.05, 3.63) is 63.7 Å². The van der Waals surface area contributed by atoms with E-state index in [2.05, 4.69) is 5.32 Å². The van der Waals surface area contributed by atoms with Gasteiger partial charge in [-0.1, -0.05) is 11.6 Å². The van der Waals surface area contributed by atoms with Gasteiger partial charge in [-0.25, -0.2) is 9.18 Å². The molecule has 0 saturated carbocycles. The predicted molar refractivity (Wildman–Crippen MR) is 96.9 cm³/mol. The molecule has 1 heterocycles. The van der Waals surface area contributed by atoms with Gasteiger partial charge in [-0.3, -0.25) is 4.79 Å². The normalized spacial score (nSPS) is 10.7. The summed E-state index contributed by atoms with van der Waals surface area (Å²) in [7, 11) is 0. The molecule has 4 nitrogen and oxygen atoms in total. The smallest absolute Gasteiger partial charge is 0.348 e. The van der Waals surface area contributed by atoms with E-state index >= 15 is 0 Å². The topological polar surface area (TPSA) is 55.4 Å². The van der Waals surface area contributed by atoms with Gasteiger partial charge < -0.3 is 10.1 Å². The highest BCUT2D eigenvalue weighted by atomic mass is 35.5. The Kier molecular flexibility index (Phi) is 5.01. The van der Waals surface area contributed by atoms with E-state index in [0.29, 0.717) is 21.0 Å². The van der Waals surface area contributed by atoms with Gasteiger partial charge in [-0.2, -0.15) is 0 Å². The van der Waals surface area contributed by atoms with Crippen molar-refractivity contribution in [1.29, 1.82) is 0 Å². The van der Waals surface area contributed by atoms with Crippen molar-refractivity contribution in [3.63, 3.8) is 0 Å². The summed E-state index contributed by atoms with van der Waals surface area (Å²) in [5, 5.41) is 3.85. The summed E-state index contributed by atoms with van der Waals surface area (Å²) >= 11 is 7.05. The second kappa shape index (κ2) is 7.21. The van der Waals surface area contributed by atoms with E-state index in [1.807, 2.05) is 6.92 Å². The average Bonchev–Trinajstić information content (AvgIpc) is 2.98.